The predicted octanol–water partition coefficient (Wildman–Crippen LogP) is 3.46. The number of halogens is 3. The lowest BCUT2D eigenvalue weighted by atomic mass is 10.5. The SMILES string of the molecule is ClCCl.O=C(Cl)c1ccc([N+](=O)[O-])s1. The van der Waals surface area contributed by atoms with E-state index in [9.17, 15) is 14.9 Å². The molecule has 0 atom stereocenters. The van der Waals surface area contributed by atoms with Gasteiger partial charge in [0, 0.05) is 6.07 Å². The first-order chi connectivity index (χ1) is 6.52. The lowest BCUT2D eigenvalue weighted by molar-refractivity contribution is -0.380. The monoisotopic (exact) mass is 275 g/mol. The van der Waals surface area contributed by atoms with E-state index < -0.39 is 10.2 Å². The molecule has 0 fully saturated rings. The van der Waals surface area contributed by atoms with Gasteiger partial charge in [-0.15, -0.1) is 23.2 Å². The van der Waals surface area contributed by atoms with E-state index in [2.05, 4.69) is 0 Å². The summed E-state index contributed by atoms with van der Waals surface area (Å²) in [4.78, 5) is 20.2. The number of nitrogens with zero attached hydrogens (tertiary/aromatic N) is 1. The van der Waals surface area contributed by atoms with Gasteiger partial charge in [0.15, 0.2) is 0 Å². The van der Waals surface area contributed by atoms with Gasteiger partial charge in [0.1, 0.15) is 0 Å². The molecule has 78 valence electrons. The van der Waals surface area contributed by atoms with Crippen LogP contribution in [0.15, 0.2) is 12.1 Å². The molecule has 0 N–H and O–H groups in total. The maximum atomic E-state index is 10.4. The fourth-order valence-electron chi connectivity index (χ4n) is 0.531. The summed E-state index contributed by atoms with van der Waals surface area (Å²) in [7, 11) is 0. The van der Waals surface area contributed by atoms with E-state index in [1.54, 1.807) is 0 Å². The van der Waals surface area contributed by atoms with Crippen LogP contribution in [-0.2, 0) is 0 Å². The van der Waals surface area contributed by atoms with Crippen LogP contribution in [0.25, 0.3) is 0 Å². The van der Waals surface area contributed by atoms with Crippen molar-refractivity contribution in [2.24, 2.45) is 0 Å². The third-order valence-electron chi connectivity index (χ3n) is 0.965. The molecule has 0 unspecified atom stereocenters. The van der Waals surface area contributed by atoms with Gasteiger partial charge in [0.05, 0.1) is 15.1 Å². The van der Waals surface area contributed by atoms with E-state index in [4.69, 9.17) is 34.8 Å². The minimum absolute atomic E-state index is 0.0750. The number of rotatable bonds is 2. The molecule has 0 amide bonds. The van der Waals surface area contributed by atoms with Crippen molar-refractivity contribution in [1.29, 1.82) is 0 Å². The predicted molar refractivity (Wildman–Crippen MR) is 57.7 cm³/mol. The van der Waals surface area contributed by atoms with Gasteiger partial charge < -0.3 is 0 Å². The number of alkyl halides is 2. The van der Waals surface area contributed by atoms with Gasteiger partial charge in [0.2, 0.25) is 0 Å². The van der Waals surface area contributed by atoms with Crippen LogP contribution in [0.2, 0.25) is 0 Å². The molecule has 14 heavy (non-hydrogen) atoms. The highest BCUT2D eigenvalue weighted by Crippen LogP contribution is 2.24. The molecule has 0 aliphatic heterocycles. The van der Waals surface area contributed by atoms with Crippen molar-refractivity contribution in [3.05, 3.63) is 27.1 Å². The molecule has 0 aliphatic rings. The van der Waals surface area contributed by atoms with Crippen LogP contribution >= 0.6 is 46.1 Å². The molecular formula is C6H4Cl3NO3S. The average molecular weight is 277 g/mol. The summed E-state index contributed by atoms with van der Waals surface area (Å²) < 4.78 is 0. The van der Waals surface area contributed by atoms with Crippen LogP contribution in [0.5, 0.6) is 0 Å². The summed E-state index contributed by atoms with van der Waals surface area (Å²) in [6.45, 7) is 0. The van der Waals surface area contributed by atoms with Gasteiger partial charge in [0.25, 0.3) is 5.24 Å². The lowest BCUT2D eigenvalue weighted by Crippen LogP contribution is -1.81. The van der Waals surface area contributed by atoms with E-state index in [1.807, 2.05) is 0 Å². The maximum Gasteiger partial charge on any atom is 0.324 e. The van der Waals surface area contributed by atoms with E-state index in [-0.39, 0.29) is 15.2 Å². The molecular weight excluding hydrogens is 272 g/mol. The van der Waals surface area contributed by atoms with Crippen LogP contribution in [0.1, 0.15) is 9.67 Å². The van der Waals surface area contributed by atoms with E-state index in [1.165, 1.54) is 12.1 Å². The summed E-state index contributed by atoms with van der Waals surface area (Å²) in [6.07, 6.45) is 0. The molecule has 0 spiro atoms. The fraction of sp³-hybridized carbons (Fsp3) is 0.167. The normalized spacial score (nSPS) is 8.79. The van der Waals surface area contributed by atoms with Crippen LogP contribution in [0, 0.1) is 10.1 Å². The Labute approximate surface area is 98.5 Å². The average Bonchev–Trinajstić information content (AvgIpc) is 2.53. The molecule has 1 aromatic heterocycles. The lowest BCUT2D eigenvalue weighted by Gasteiger charge is -1.80. The van der Waals surface area contributed by atoms with E-state index in [0.717, 1.165) is 11.3 Å². The van der Waals surface area contributed by atoms with Crippen molar-refractivity contribution in [3.8, 4) is 0 Å². The number of hydrogen-bond donors (Lipinski definition) is 0. The zero-order valence-corrected chi connectivity index (χ0v) is 9.66. The Morgan fingerprint density at radius 1 is 1.50 bits per heavy atom. The molecule has 0 saturated heterocycles. The Bertz CT molecular complexity index is 299. The topological polar surface area (TPSA) is 60.2 Å². The maximum absolute atomic E-state index is 10.4. The molecule has 0 saturated carbocycles. The number of nitro groups is 1. The second kappa shape index (κ2) is 7.00. The number of carbonyl (C=O) groups is 1. The first-order valence-corrected chi connectivity index (χ1v) is 5.35. The minimum atomic E-state index is -0.664. The first kappa shape index (κ1) is 13.6. The molecule has 1 rings (SSSR count). The molecule has 1 aromatic rings. The minimum Gasteiger partial charge on any atom is -0.275 e. The van der Waals surface area contributed by atoms with Gasteiger partial charge in [-0.1, -0.05) is 11.3 Å². The smallest absolute Gasteiger partial charge is 0.275 e. The Morgan fingerprint density at radius 2 is 2.00 bits per heavy atom. The van der Waals surface area contributed by atoms with E-state index in [0.29, 0.717) is 0 Å². The molecule has 0 radical (unpaired) electrons. The molecule has 4 nitrogen and oxygen atoms in total. The van der Waals surface area contributed by atoms with Crippen molar-refractivity contribution in [3.63, 3.8) is 0 Å². The van der Waals surface area contributed by atoms with Gasteiger partial charge in [-0.05, 0) is 17.7 Å². The number of carbonyl (C=O) groups excluding carboxylic acids is 1. The van der Waals surface area contributed by atoms with Crippen molar-refractivity contribution in [2.75, 3.05) is 5.34 Å². The van der Waals surface area contributed by atoms with Crippen LogP contribution < -0.4 is 0 Å². The highest BCUT2D eigenvalue weighted by atomic mass is 35.5. The summed E-state index contributed by atoms with van der Waals surface area (Å²) >= 11 is 15.4. The second-order valence-corrected chi connectivity index (χ2v) is 3.98. The highest BCUT2D eigenvalue weighted by molar-refractivity contribution is 7.18. The third kappa shape index (κ3) is 4.76. The number of thiophene rings is 1. The molecule has 8 heteroatoms. The van der Waals surface area contributed by atoms with E-state index >= 15 is 0 Å². The summed E-state index contributed by atoms with van der Waals surface area (Å²) in [5.74, 6) is 0. The fourth-order valence-corrected chi connectivity index (χ4v) is 1.36. The second-order valence-electron chi connectivity index (χ2n) is 1.77. The van der Waals surface area contributed by atoms with Crippen molar-refractivity contribution < 1.29 is 9.72 Å². The van der Waals surface area contributed by atoms with Gasteiger partial charge in [-0.25, -0.2) is 0 Å². The molecule has 0 bridgehead atoms. The van der Waals surface area contributed by atoms with Gasteiger partial charge >= 0.3 is 5.00 Å². The largest absolute Gasteiger partial charge is 0.324 e. The zero-order valence-electron chi connectivity index (χ0n) is 6.58. The van der Waals surface area contributed by atoms with Crippen molar-refractivity contribution in [1.82, 2.24) is 0 Å². The standard InChI is InChI=1S/C5H2ClNO3S.CH2Cl2/c6-5(8)3-1-2-4(11-3)7(9)10;2-1-3/h1-2H;1H2. The number of hydrogen-bond acceptors (Lipinski definition) is 4. The Morgan fingerprint density at radius 3 is 2.21 bits per heavy atom. The summed E-state index contributed by atoms with van der Waals surface area (Å²) in [5, 5.41) is 9.55. The van der Waals surface area contributed by atoms with Gasteiger partial charge in [-0.2, -0.15) is 0 Å². The third-order valence-corrected chi connectivity index (χ3v) is 2.32. The Balaban J connectivity index is 0.000000500. The molecule has 1 heterocycles. The van der Waals surface area contributed by atoms with Crippen LogP contribution in [0.4, 0.5) is 5.00 Å². The Hall–Kier alpha value is -0.360. The summed E-state index contributed by atoms with van der Waals surface area (Å²) in [5.41, 5.74) is 0. The highest BCUT2D eigenvalue weighted by Gasteiger charge is 2.12. The zero-order chi connectivity index (χ0) is 11.1. The quantitative estimate of drug-likeness (QED) is 0.360. The summed E-state index contributed by atoms with van der Waals surface area (Å²) in [6, 6.07) is 2.58. The van der Waals surface area contributed by atoms with Crippen LogP contribution in [0.3, 0.4) is 0 Å². The molecule has 0 aromatic carbocycles. The Kier molecular flexibility index (Phi) is 6.82. The van der Waals surface area contributed by atoms with Gasteiger partial charge in [-0.3, -0.25) is 14.9 Å². The van der Waals surface area contributed by atoms with Crippen LogP contribution in [-0.4, -0.2) is 15.5 Å². The first-order valence-electron chi connectivity index (χ1n) is 3.09. The molecule has 0 aliphatic carbocycles. The van der Waals surface area contributed by atoms with Crippen molar-refractivity contribution in [2.45, 2.75) is 0 Å². The van der Waals surface area contributed by atoms with Crippen molar-refractivity contribution >= 4 is 56.4 Å².